The lowest BCUT2D eigenvalue weighted by Crippen LogP contribution is -2.44. The van der Waals surface area contributed by atoms with Gasteiger partial charge in [0.15, 0.2) is 0 Å². The molecule has 2 fully saturated rings. The second-order valence-corrected chi connectivity index (χ2v) is 7.27. The second kappa shape index (κ2) is 6.41. The van der Waals surface area contributed by atoms with Crippen LogP contribution in [0.15, 0.2) is 24.3 Å². The van der Waals surface area contributed by atoms with Gasteiger partial charge in [-0.3, -0.25) is 4.79 Å². The van der Waals surface area contributed by atoms with Gasteiger partial charge in [-0.1, -0.05) is 31.2 Å². The number of piperidine rings is 1. The van der Waals surface area contributed by atoms with Crippen molar-refractivity contribution in [2.75, 3.05) is 26.2 Å². The van der Waals surface area contributed by atoms with Crippen LogP contribution < -0.4 is 5.32 Å². The van der Waals surface area contributed by atoms with Crippen molar-refractivity contribution in [2.24, 2.45) is 5.41 Å². The molecular formula is C19H28N2O. The molecule has 22 heavy (non-hydrogen) atoms. The summed E-state index contributed by atoms with van der Waals surface area (Å²) in [6.07, 6.45) is 4.26. The summed E-state index contributed by atoms with van der Waals surface area (Å²) < 4.78 is 0. The van der Waals surface area contributed by atoms with E-state index in [2.05, 4.69) is 48.3 Å². The molecule has 1 N–H and O–H groups in total. The van der Waals surface area contributed by atoms with Crippen molar-refractivity contribution in [1.29, 1.82) is 0 Å². The van der Waals surface area contributed by atoms with Crippen molar-refractivity contribution in [3.8, 4) is 0 Å². The molecule has 0 aliphatic carbocycles. The van der Waals surface area contributed by atoms with Crippen molar-refractivity contribution < 1.29 is 4.79 Å². The summed E-state index contributed by atoms with van der Waals surface area (Å²) in [5, 5.41) is 3.48. The third-order valence-electron chi connectivity index (χ3n) is 5.71. The number of hydrogen-bond donors (Lipinski definition) is 1. The summed E-state index contributed by atoms with van der Waals surface area (Å²) in [7, 11) is 0. The van der Waals surface area contributed by atoms with Crippen LogP contribution in [0.5, 0.6) is 0 Å². The van der Waals surface area contributed by atoms with Crippen molar-refractivity contribution >= 4 is 5.91 Å². The molecule has 3 rings (SSSR count). The maximum Gasteiger partial charge on any atom is 0.223 e. The Morgan fingerprint density at radius 2 is 2.00 bits per heavy atom. The van der Waals surface area contributed by atoms with E-state index in [9.17, 15) is 4.79 Å². The predicted molar refractivity (Wildman–Crippen MR) is 89.9 cm³/mol. The first kappa shape index (κ1) is 15.5. The van der Waals surface area contributed by atoms with Crippen LogP contribution in [0.25, 0.3) is 0 Å². The van der Waals surface area contributed by atoms with Crippen LogP contribution >= 0.6 is 0 Å². The van der Waals surface area contributed by atoms with Gasteiger partial charge in [0.25, 0.3) is 0 Å². The van der Waals surface area contributed by atoms with Gasteiger partial charge >= 0.3 is 0 Å². The van der Waals surface area contributed by atoms with Gasteiger partial charge in [-0.2, -0.15) is 0 Å². The van der Waals surface area contributed by atoms with E-state index < -0.39 is 0 Å². The van der Waals surface area contributed by atoms with Gasteiger partial charge in [0.05, 0.1) is 0 Å². The average Bonchev–Trinajstić information content (AvgIpc) is 2.96. The monoisotopic (exact) mass is 300 g/mol. The highest BCUT2D eigenvalue weighted by atomic mass is 16.2. The zero-order valence-corrected chi connectivity index (χ0v) is 13.9. The van der Waals surface area contributed by atoms with Crippen LogP contribution in [0.4, 0.5) is 0 Å². The minimum Gasteiger partial charge on any atom is -0.343 e. The Morgan fingerprint density at radius 1 is 1.27 bits per heavy atom. The standard InChI is InChI=1S/C19H28N2O/c1-15-5-3-4-6-17(15)16(2)13-18(22)21-11-8-19(9-12-21)7-10-20-14-19/h3-6,16,20H,7-14H2,1-2H3. The molecule has 0 radical (unpaired) electrons. The summed E-state index contributed by atoms with van der Waals surface area (Å²) in [5.74, 6) is 0.634. The lowest BCUT2D eigenvalue weighted by Gasteiger charge is -2.39. The maximum atomic E-state index is 12.6. The van der Waals surface area contributed by atoms with E-state index in [0.29, 0.717) is 23.7 Å². The van der Waals surface area contributed by atoms with Crippen molar-refractivity contribution in [3.63, 3.8) is 0 Å². The lowest BCUT2D eigenvalue weighted by molar-refractivity contribution is -0.133. The van der Waals surface area contributed by atoms with E-state index in [-0.39, 0.29) is 0 Å². The van der Waals surface area contributed by atoms with Gasteiger partial charge in [-0.05, 0) is 55.2 Å². The number of carbonyl (C=O) groups is 1. The molecular weight excluding hydrogens is 272 g/mol. The van der Waals surface area contributed by atoms with Gasteiger partial charge in [0.2, 0.25) is 5.91 Å². The number of nitrogens with zero attached hydrogens (tertiary/aromatic N) is 1. The van der Waals surface area contributed by atoms with Gasteiger partial charge in [-0.25, -0.2) is 0 Å². The molecule has 3 heteroatoms. The van der Waals surface area contributed by atoms with E-state index in [1.807, 2.05) is 0 Å². The van der Waals surface area contributed by atoms with Crippen molar-refractivity contribution in [3.05, 3.63) is 35.4 Å². The number of aryl methyl sites for hydroxylation is 1. The highest BCUT2D eigenvalue weighted by Crippen LogP contribution is 2.37. The van der Waals surface area contributed by atoms with Gasteiger partial charge in [-0.15, -0.1) is 0 Å². The number of carbonyl (C=O) groups excluding carboxylic acids is 1. The summed E-state index contributed by atoms with van der Waals surface area (Å²) in [6, 6.07) is 8.42. The Morgan fingerprint density at radius 3 is 2.64 bits per heavy atom. The van der Waals surface area contributed by atoms with E-state index in [0.717, 1.165) is 26.2 Å². The third kappa shape index (κ3) is 3.19. The first-order valence-corrected chi connectivity index (χ1v) is 8.64. The highest BCUT2D eigenvalue weighted by molar-refractivity contribution is 5.77. The Labute approximate surface area is 134 Å². The van der Waals surface area contributed by atoms with Gasteiger partial charge in [0, 0.05) is 26.1 Å². The van der Waals surface area contributed by atoms with E-state index >= 15 is 0 Å². The molecule has 2 aliphatic rings. The number of likely N-dealkylation sites (tertiary alicyclic amines) is 1. The fraction of sp³-hybridized carbons (Fsp3) is 0.632. The molecule has 0 aromatic heterocycles. The lowest BCUT2D eigenvalue weighted by atomic mass is 9.77. The van der Waals surface area contributed by atoms with Crippen LogP contribution in [0.2, 0.25) is 0 Å². The number of rotatable bonds is 3. The maximum absolute atomic E-state index is 12.6. The van der Waals surface area contributed by atoms with Crippen LogP contribution in [0.1, 0.15) is 49.7 Å². The molecule has 1 spiro atoms. The quantitative estimate of drug-likeness (QED) is 0.930. The largest absolute Gasteiger partial charge is 0.343 e. The van der Waals surface area contributed by atoms with Gasteiger partial charge in [0.1, 0.15) is 0 Å². The first-order valence-electron chi connectivity index (χ1n) is 8.64. The fourth-order valence-corrected chi connectivity index (χ4v) is 4.09. The molecule has 120 valence electrons. The number of nitrogens with one attached hydrogen (secondary N) is 1. The van der Waals surface area contributed by atoms with Crippen molar-refractivity contribution in [2.45, 2.75) is 45.4 Å². The predicted octanol–water partition coefficient (Wildman–Crippen LogP) is 3.09. The number of benzene rings is 1. The Kier molecular flexibility index (Phi) is 4.53. The SMILES string of the molecule is Cc1ccccc1C(C)CC(=O)N1CCC2(CCNC2)CC1. The second-order valence-electron chi connectivity index (χ2n) is 7.27. The van der Waals surface area contributed by atoms with Crippen LogP contribution in [-0.2, 0) is 4.79 Å². The third-order valence-corrected chi connectivity index (χ3v) is 5.71. The Hall–Kier alpha value is -1.35. The Balaban J connectivity index is 1.55. The average molecular weight is 300 g/mol. The molecule has 1 unspecified atom stereocenters. The zero-order chi connectivity index (χ0) is 15.6. The van der Waals surface area contributed by atoms with Crippen LogP contribution in [0, 0.1) is 12.3 Å². The summed E-state index contributed by atoms with van der Waals surface area (Å²) in [4.78, 5) is 14.7. The number of amides is 1. The molecule has 2 heterocycles. The zero-order valence-electron chi connectivity index (χ0n) is 13.9. The molecule has 1 aromatic carbocycles. The molecule has 3 nitrogen and oxygen atoms in total. The normalized spacial score (nSPS) is 22.0. The molecule has 1 aromatic rings. The highest BCUT2D eigenvalue weighted by Gasteiger charge is 2.38. The minimum atomic E-state index is 0.303. The molecule has 2 saturated heterocycles. The summed E-state index contributed by atoms with van der Waals surface area (Å²) in [5.41, 5.74) is 3.08. The summed E-state index contributed by atoms with van der Waals surface area (Å²) in [6.45, 7) is 8.50. The van der Waals surface area contributed by atoms with E-state index in [1.54, 1.807) is 0 Å². The van der Waals surface area contributed by atoms with Gasteiger partial charge < -0.3 is 10.2 Å². The fourth-order valence-electron chi connectivity index (χ4n) is 4.09. The first-order chi connectivity index (χ1) is 10.6. The van der Waals surface area contributed by atoms with E-state index in [1.165, 1.54) is 30.4 Å². The smallest absolute Gasteiger partial charge is 0.223 e. The topological polar surface area (TPSA) is 32.3 Å². The molecule has 0 saturated carbocycles. The molecule has 1 amide bonds. The van der Waals surface area contributed by atoms with Crippen LogP contribution in [-0.4, -0.2) is 37.0 Å². The molecule has 0 bridgehead atoms. The molecule has 1 atom stereocenters. The van der Waals surface area contributed by atoms with Crippen molar-refractivity contribution in [1.82, 2.24) is 10.2 Å². The summed E-state index contributed by atoms with van der Waals surface area (Å²) >= 11 is 0. The molecule has 2 aliphatic heterocycles. The van der Waals surface area contributed by atoms with Crippen LogP contribution in [0.3, 0.4) is 0 Å². The Bertz CT molecular complexity index is 524. The number of hydrogen-bond acceptors (Lipinski definition) is 2. The van der Waals surface area contributed by atoms with E-state index in [4.69, 9.17) is 0 Å². The minimum absolute atomic E-state index is 0.303.